The van der Waals surface area contributed by atoms with Crippen molar-refractivity contribution in [3.63, 3.8) is 0 Å². The molecule has 0 aliphatic carbocycles. The molecule has 3 nitrogen and oxygen atoms in total. The van der Waals surface area contributed by atoms with Crippen LogP contribution in [0.1, 0.15) is 0 Å². The van der Waals surface area contributed by atoms with Crippen molar-refractivity contribution >= 4 is 75.3 Å². The number of fused-ring (bicyclic) bond motifs is 10. The van der Waals surface area contributed by atoms with E-state index in [0.29, 0.717) is 0 Å². The molecule has 0 fully saturated rings. The first-order chi connectivity index (χ1) is 19.4. The smallest absolute Gasteiger partial charge is 0.0910 e. The van der Waals surface area contributed by atoms with Gasteiger partial charge in [0.2, 0.25) is 0 Å². The van der Waals surface area contributed by atoms with Gasteiger partial charge in [-0.1, -0.05) is 72.8 Å². The Morgan fingerprint density at radius 3 is 1.59 bits per heavy atom. The lowest BCUT2D eigenvalue weighted by molar-refractivity contribution is 1.15. The van der Waals surface area contributed by atoms with Gasteiger partial charge >= 0.3 is 0 Å². The summed E-state index contributed by atoms with van der Waals surface area (Å²) < 4.78 is 7.29. The zero-order valence-corrected chi connectivity index (χ0v) is 21.7. The van der Waals surface area contributed by atoms with Crippen LogP contribution in [0.4, 0.5) is 0 Å². The third-order valence-electron chi connectivity index (χ3n) is 7.97. The number of hydrogen-bond acceptors (Lipinski definition) is 2. The van der Waals surface area contributed by atoms with E-state index >= 15 is 0 Å². The van der Waals surface area contributed by atoms with E-state index in [1.807, 2.05) is 11.3 Å². The van der Waals surface area contributed by atoms with Crippen LogP contribution in [0.2, 0.25) is 0 Å². The number of benzene rings is 5. The zero-order chi connectivity index (χ0) is 25.5. The fraction of sp³-hybridized carbons (Fsp3) is 0. The Hall–Kier alpha value is -4.93. The number of aromatic nitrogens is 3. The lowest BCUT2D eigenvalue weighted by atomic mass is 10.2. The summed E-state index contributed by atoms with van der Waals surface area (Å²) in [6.45, 7) is 0. The second-order valence-corrected chi connectivity index (χ2v) is 11.1. The molecule has 9 rings (SSSR count). The van der Waals surface area contributed by atoms with E-state index in [1.165, 1.54) is 58.4 Å². The Morgan fingerprint density at radius 2 is 0.949 bits per heavy atom. The number of hydrogen-bond donors (Lipinski definition) is 0. The maximum Gasteiger partial charge on any atom is 0.0910 e. The van der Waals surface area contributed by atoms with Crippen LogP contribution in [0.25, 0.3) is 75.3 Å². The van der Waals surface area contributed by atoms with Crippen molar-refractivity contribution in [1.82, 2.24) is 14.1 Å². The molecule has 39 heavy (non-hydrogen) atoms. The third kappa shape index (κ3) is 2.84. The summed E-state index contributed by atoms with van der Waals surface area (Å²) in [5.74, 6) is 0. The monoisotopic (exact) mass is 515 g/mol. The van der Waals surface area contributed by atoms with Crippen LogP contribution in [0.15, 0.2) is 128 Å². The molecule has 5 aromatic carbocycles. The summed E-state index contributed by atoms with van der Waals surface area (Å²) in [7, 11) is 0. The van der Waals surface area contributed by atoms with Crippen molar-refractivity contribution in [2.75, 3.05) is 0 Å². The molecule has 0 bridgehead atoms. The third-order valence-corrected chi connectivity index (χ3v) is 9.13. The molecule has 4 heterocycles. The number of rotatable bonds is 2. The van der Waals surface area contributed by atoms with Gasteiger partial charge in [0.25, 0.3) is 0 Å². The van der Waals surface area contributed by atoms with Gasteiger partial charge in [-0.25, -0.2) is 0 Å². The van der Waals surface area contributed by atoms with E-state index in [2.05, 4.69) is 137 Å². The van der Waals surface area contributed by atoms with E-state index in [-0.39, 0.29) is 0 Å². The van der Waals surface area contributed by atoms with Gasteiger partial charge in [0, 0.05) is 49.2 Å². The minimum Gasteiger partial charge on any atom is -0.309 e. The first kappa shape index (κ1) is 21.1. The maximum atomic E-state index is 4.95. The highest BCUT2D eigenvalue weighted by atomic mass is 32.1. The Balaban J connectivity index is 1.33. The fourth-order valence-corrected chi connectivity index (χ4v) is 7.49. The summed E-state index contributed by atoms with van der Waals surface area (Å²) in [5.41, 5.74) is 8.26. The van der Waals surface area contributed by atoms with Gasteiger partial charge in [0.05, 0.1) is 32.3 Å². The lowest BCUT2D eigenvalue weighted by Gasteiger charge is -2.12. The van der Waals surface area contributed by atoms with E-state index in [1.54, 1.807) is 0 Å². The van der Waals surface area contributed by atoms with Crippen molar-refractivity contribution < 1.29 is 0 Å². The predicted molar refractivity (Wildman–Crippen MR) is 166 cm³/mol. The SMILES string of the molecule is c1ccc2c(c1)sc1c2ncc2c3ccccc3n(-c3ccc(-n4c5ccccc5c5ccccc54)cc3)c21. The summed E-state index contributed by atoms with van der Waals surface area (Å²) in [6, 6.07) is 43.6. The van der Waals surface area contributed by atoms with Crippen LogP contribution in [0.3, 0.4) is 0 Å². The molecule has 182 valence electrons. The molecule has 0 atom stereocenters. The molecule has 9 aromatic rings. The first-order valence-corrected chi connectivity index (χ1v) is 14.0. The molecule has 0 spiro atoms. The number of para-hydroxylation sites is 3. The molecule has 0 amide bonds. The quantitative estimate of drug-likeness (QED) is 0.225. The van der Waals surface area contributed by atoms with Crippen molar-refractivity contribution in [1.29, 1.82) is 0 Å². The van der Waals surface area contributed by atoms with Gasteiger partial charge in [-0.2, -0.15) is 0 Å². The zero-order valence-electron chi connectivity index (χ0n) is 20.9. The number of nitrogens with zero attached hydrogens (tertiary/aromatic N) is 3. The van der Waals surface area contributed by atoms with Crippen molar-refractivity contribution in [2.24, 2.45) is 0 Å². The molecule has 0 unspecified atom stereocenters. The highest BCUT2D eigenvalue weighted by Crippen LogP contribution is 2.42. The number of pyridine rings is 1. The van der Waals surface area contributed by atoms with Crippen LogP contribution in [0, 0.1) is 0 Å². The van der Waals surface area contributed by atoms with E-state index < -0.39 is 0 Å². The summed E-state index contributed by atoms with van der Waals surface area (Å²) in [4.78, 5) is 4.95. The largest absolute Gasteiger partial charge is 0.309 e. The van der Waals surface area contributed by atoms with Crippen LogP contribution < -0.4 is 0 Å². The number of thiophene rings is 1. The van der Waals surface area contributed by atoms with E-state index in [4.69, 9.17) is 4.98 Å². The van der Waals surface area contributed by atoms with Crippen molar-refractivity contribution in [3.8, 4) is 11.4 Å². The van der Waals surface area contributed by atoms with Crippen LogP contribution >= 0.6 is 11.3 Å². The van der Waals surface area contributed by atoms with Crippen LogP contribution in [-0.2, 0) is 0 Å². The summed E-state index contributed by atoms with van der Waals surface area (Å²) in [6.07, 6.45) is 2.06. The topological polar surface area (TPSA) is 22.8 Å². The van der Waals surface area contributed by atoms with Crippen molar-refractivity contribution in [3.05, 3.63) is 128 Å². The van der Waals surface area contributed by atoms with Crippen molar-refractivity contribution in [2.45, 2.75) is 0 Å². The van der Waals surface area contributed by atoms with E-state index in [0.717, 1.165) is 16.9 Å². The van der Waals surface area contributed by atoms with E-state index in [9.17, 15) is 0 Å². The average molecular weight is 516 g/mol. The standard InChI is InChI=1S/C35H21N3S/c1-5-13-29-24(9-1)25-10-2-6-14-30(25)37(29)22-17-19-23(20-18-22)38-31-15-7-3-11-26(31)28-21-36-33-27-12-4-8-16-32(27)39-35(33)34(28)38/h1-21H. The highest BCUT2D eigenvalue weighted by molar-refractivity contribution is 7.26. The maximum absolute atomic E-state index is 4.95. The minimum absolute atomic E-state index is 1.08. The molecular weight excluding hydrogens is 494 g/mol. The summed E-state index contributed by atoms with van der Waals surface area (Å²) in [5, 5.41) is 6.19. The predicted octanol–water partition coefficient (Wildman–Crippen LogP) is 9.64. The molecule has 0 N–H and O–H groups in total. The van der Waals surface area contributed by atoms with Crippen LogP contribution in [-0.4, -0.2) is 14.1 Å². The Morgan fingerprint density at radius 1 is 0.462 bits per heavy atom. The fourth-order valence-electron chi connectivity index (χ4n) is 6.29. The Bertz CT molecular complexity index is 2330. The molecule has 0 saturated heterocycles. The van der Waals surface area contributed by atoms with Gasteiger partial charge in [-0.3, -0.25) is 4.98 Å². The van der Waals surface area contributed by atoms with Gasteiger partial charge < -0.3 is 9.13 Å². The van der Waals surface area contributed by atoms with Gasteiger partial charge in [-0.15, -0.1) is 11.3 Å². The lowest BCUT2D eigenvalue weighted by Crippen LogP contribution is -1.97. The summed E-state index contributed by atoms with van der Waals surface area (Å²) >= 11 is 1.83. The van der Waals surface area contributed by atoms with Gasteiger partial charge in [0.15, 0.2) is 0 Å². The highest BCUT2D eigenvalue weighted by Gasteiger charge is 2.19. The molecule has 0 aliphatic heterocycles. The minimum atomic E-state index is 1.08. The molecule has 0 saturated carbocycles. The van der Waals surface area contributed by atoms with Crippen LogP contribution in [0.5, 0.6) is 0 Å². The molecular formula is C35H21N3S. The molecule has 0 radical (unpaired) electrons. The Labute approximate surface area is 227 Å². The first-order valence-electron chi connectivity index (χ1n) is 13.2. The average Bonchev–Trinajstić information content (AvgIpc) is 3.65. The van der Waals surface area contributed by atoms with Gasteiger partial charge in [0.1, 0.15) is 0 Å². The normalized spacial score (nSPS) is 12.1. The molecule has 4 heteroatoms. The van der Waals surface area contributed by atoms with Gasteiger partial charge in [-0.05, 0) is 48.5 Å². The molecule has 0 aliphatic rings. The second-order valence-electron chi connectivity index (χ2n) is 10.0. The molecule has 4 aromatic heterocycles. The second kappa shape index (κ2) is 7.79. The Kier molecular flexibility index (Phi) is 4.21.